The Labute approximate surface area is 213 Å². The molecule has 1 aliphatic heterocycles. The van der Waals surface area contributed by atoms with Crippen LogP contribution in [0.3, 0.4) is 0 Å². The molecule has 0 atom stereocenters. The second-order valence-electron chi connectivity index (χ2n) is 8.99. The van der Waals surface area contributed by atoms with Crippen LogP contribution in [-0.2, 0) is 9.84 Å². The number of aromatic nitrogens is 4. The van der Waals surface area contributed by atoms with Crippen LogP contribution in [0.2, 0.25) is 0 Å². The first-order valence-electron chi connectivity index (χ1n) is 11.5. The molecular weight excluding hydrogens is 502 g/mol. The van der Waals surface area contributed by atoms with E-state index >= 15 is 0 Å². The van der Waals surface area contributed by atoms with E-state index in [1.165, 1.54) is 18.5 Å². The predicted octanol–water partition coefficient (Wildman–Crippen LogP) is 3.23. The standard InChI is InChI=1S/C23H27N7O6S/c1-14(2)20-26-22(35-28-20)17-9-11-29(12-10-17)21-19(30(31)32)23(25-13-24-21)36-27-15(3)16-5-7-18(8-6-16)37(4,33)34/h5-8,13-14,17,27H,3,9-12H2,1-2,4H3. The average molecular weight is 530 g/mol. The van der Waals surface area contributed by atoms with Crippen LogP contribution in [0, 0.1) is 10.1 Å². The Morgan fingerprint density at radius 2 is 1.92 bits per heavy atom. The fraction of sp³-hybridized carbons (Fsp3) is 0.391. The fourth-order valence-electron chi connectivity index (χ4n) is 3.88. The van der Waals surface area contributed by atoms with Crippen molar-refractivity contribution in [2.24, 2.45) is 0 Å². The molecule has 1 aromatic carbocycles. The highest BCUT2D eigenvalue weighted by atomic mass is 32.2. The average Bonchev–Trinajstić information content (AvgIpc) is 3.37. The van der Waals surface area contributed by atoms with Crippen molar-refractivity contribution < 1.29 is 22.7 Å². The van der Waals surface area contributed by atoms with Crippen molar-refractivity contribution in [3.63, 3.8) is 0 Å². The molecule has 37 heavy (non-hydrogen) atoms. The van der Waals surface area contributed by atoms with Gasteiger partial charge >= 0.3 is 11.6 Å². The van der Waals surface area contributed by atoms with Crippen molar-refractivity contribution in [1.82, 2.24) is 25.6 Å². The molecule has 1 aliphatic rings. The largest absolute Gasteiger partial charge is 0.375 e. The van der Waals surface area contributed by atoms with Crippen LogP contribution < -0.4 is 15.2 Å². The molecule has 4 rings (SSSR count). The highest BCUT2D eigenvalue weighted by Gasteiger charge is 2.33. The number of hydroxylamine groups is 1. The van der Waals surface area contributed by atoms with Crippen molar-refractivity contribution >= 4 is 27.0 Å². The van der Waals surface area contributed by atoms with Gasteiger partial charge in [-0.2, -0.15) is 9.97 Å². The van der Waals surface area contributed by atoms with Gasteiger partial charge in [0.25, 0.3) is 0 Å². The van der Waals surface area contributed by atoms with Crippen LogP contribution in [0.5, 0.6) is 5.88 Å². The maximum absolute atomic E-state index is 12.0. The van der Waals surface area contributed by atoms with Gasteiger partial charge in [-0.25, -0.2) is 18.9 Å². The minimum atomic E-state index is -3.34. The summed E-state index contributed by atoms with van der Waals surface area (Å²) in [4.78, 5) is 31.3. The molecule has 0 saturated carbocycles. The Morgan fingerprint density at radius 1 is 1.24 bits per heavy atom. The van der Waals surface area contributed by atoms with Crippen molar-refractivity contribution in [3.05, 3.63) is 64.6 Å². The van der Waals surface area contributed by atoms with E-state index in [2.05, 4.69) is 32.2 Å². The summed E-state index contributed by atoms with van der Waals surface area (Å²) in [6.07, 6.45) is 3.63. The van der Waals surface area contributed by atoms with E-state index in [1.807, 2.05) is 18.7 Å². The summed E-state index contributed by atoms with van der Waals surface area (Å²) in [5, 5.41) is 16.0. The second kappa shape index (κ2) is 10.5. The summed E-state index contributed by atoms with van der Waals surface area (Å²) in [6, 6.07) is 5.97. The monoisotopic (exact) mass is 529 g/mol. The van der Waals surface area contributed by atoms with Crippen LogP contribution in [0.1, 0.15) is 55.8 Å². The molecule has 0 bridgehead atoms. The summed E-state index contributed by atoms with van der Waals surface area (Å²) in [7, 11) is -3.34. The normalized spacial score (nSPS) is 14.5. The van der Waals surface area contributed by atoms with Crippen LogP contribution in [0.15, 0.2) is 46.6 Å². The van der Waals surface area contributed by atoms with Crippen molar-refractivity contribution in [2.75, 3.05) is 24.2 Å². The molecule has 0 unspecified atom stereocenters. The molecule has 196 valence electrons. The summed E-state index contributed by atoms with van der Waals surface area (Å²) >= 11 is 0. The van der Waals surface area contributed by atoms with E-state index in [4.69, 9.17) is 9.36 Å². The number of benzene rings is 1. The smallest absolute Gasteiger partial charge is 0.354 e. The van der Waals surface area contributed by atoms with Crippen LogP contribution in [0.4, 0.5) is 11.5 Å². The van der Waals surface area contributed by atoms with Crippen LogP contribution >= 0.6 is 0 Å². The molecule has 1 N–H and O–H groups in total. The molecule has 14 heteroatoms. The van der Waals surface area contributed by atoms with Crippen molar-refractivity contribution in [1.29, 1.82) is 0 Å². The van der Waals surface area contributed by atoms with E-state index in [9.17, 15) is 18.5 Å². The van der Waals surface area contributed by atoms with E-state index in [-0.39, 0.29) is 39.8 Å². The lowest BCUT2D eigenvalue weighted by Crippen LogP contribution is -2.34. The molecule has 3 aromatic rings. The highest BCUT2D eigenvalue weighted by molar-refractivity contribution is 7.90. The number of hydrogen-bond acceptors (Lipinski definition) is 12. The highest BCUT2D eigenvalue weighted by Crippen LogP contribution is 2.37. The Hall–Kier alpha value is -4.07. The van der Waals surface area contributed by atoms with E-state index < -0.39 is 14.8 Å². The van der Waals surface area contributed by atoms with Gasteiger partial charge in [-0.1, -0.05) is 37.7 Å². The van der Waals surface area contributed by atoms with Gasteiger partial charge in [0.1, 0.15) is 6.33 Å². The van der Waals surface area contributed by atoms with Gasteiger partial charge in [0, 0.05) is 36.7 Å². The number of anilines is 1. The van der Waals surface area contributed by atoms with Gasteiger partial charge in [-0.3, -0.25) is 10.1 Å². The summed E-state index contributed by atoms with van der Waals surface area (Å²) < 4.78 is 28.7. The van der Waals surface area contributed by atoms with E-state index in [1.54, 1.807) is 12.1 Å². The lowest BCUT2D eigenvalue weighted by molar-refractivity contribution is -0.385. The minimum absolute atomic E-state index is 0.0620. The molecule has 3 heterocycles. The third-order valence-electron chi connectivity index (χ3n) is 5.97. The Balaban J connectivity index is 1.45. The minimum Gasteiger partial charge on any atom is -0.354 e. The Kier molecular flexibility index (Phi) is 7.38. The lowest BCUT2D eigenvalue weighted by atomic mass is 9.96. The first kappa shape index (κ1) is 26.0. The molecular formula is C23H27N7O6S. The van der Waals surface area contributed by atoms with Gasteiger partial charge < -0.3 is 14.3 Å². The molecule has 1 fully saturated rings. The Bertz CT molecular complexity index is 1400. The Morgan fingerprint density at radius 3 is 2.49 bits per heavy atom. The SMILES string of the molecule is C=C(NOc1ncnc(N2CCC(c3nc(C(C)C)no3)CC2)c1[N+](=O)[O-])c1ccc(S(C)(=O)=O)cc1. The maximum Gasteiger partial charge on any atom is 0.375 e. The van der Waals surface area contributed by atoms with Crippen LogP contribution in [-0.4, -0.2) is 52.8 Å². The van der Waals surface area contributed by atoms with Gasteiger partial charge in [-0.15, -0.1) is 0 Å². The second-order valence-corrected chi connectivity index (χ2v) is 11.0. The molecule has 13 nitrogen and oxygen atoms in total. The van der Waals surface area contributed by atoms with Crippen molar-refractivity contribution in [3.8, 4) is 5.88 Å². The number of hydrogen-bond donors (Lipinski definition) is 1. The zero-order valence-electron chi connectivity index (χ0n) is 20.6. The molecule has 0 amide bonds. The molecule has 2 aromatic heterocycles. The summed E-state index contributed by atoms with van der Waals surface area (Å²) in [6.45, 7) is 8.81. The molecule has 1 saturated heterocycles. The third-order valence-corrected chi connectivity index (χ3v) is 7.10. The zero-order chi connectivity index (χ0) is 26.7. The molecule has 0 aliphatic carbocycles. The predicted molar refractivity (Wildman–Crippen MR) is 134 cm³/mol. The summed E-state index contributed by atoms with van der Waals surface area (Å²) in [5.41, 5.74) is 2.97. The lowest BCUT2D eigenvalue weighted by Gasteiger charge is -2.30. The zero-order valence-corrected chi connectivity index (χ0v) is 21.4. The van der Waals surface area contributed by atoms with Crippen molar-refractivity contribution in [2.45, 2.75) is 43.4 Å². The fourth-order valence-corrected chi connectivity index (χ4v) is 4.51. The molecule has 0 radical (unpaired) electrons. The summed E-state index contributed by atoms with van der Waals surface area (Å²) in [5.74, 6) is 1.34. The number of sulfone groups is 1. The number of nitro groups is 1. The van der Waals surface area contributed by atoms with Gasteiger partial charge in [0.05, 0.1) is 15.5 Å². The third kappa shape index (κ3) is 5.85. The number of rotatable bonds is 9. The van der Waals surface area contributed by atoms with Gasteiger partial charge in [0.15, 0.2) is 15.7 Å². The molecule has 0 spiro atoms. The maximum atomic E-state index is 12.0. The first-order valence-corrected chi connectivity index (χ1v) is 13.4. The quantitative estimate of drug-likeness (QED) is 0.318. The van der Waals surface area contributed by atoms with Gasteiger partial charge in [-0.05, 0) is 25.0 Å². The number of piperidine rings is 1. The number of nitrogens with zero attached hydrogens (tertiary/aromatic N) is 6. The van der Waals surface area contributed by atoms with Crippen LogP contribution in [0.25, 0.3) is 5.70 Å². The van der Waals surface area contributed by atoms with E-state index in [0.717, 1.165) is 6.26 Å². The first-order chi connectivity index (χ1) is 17.5. The topological polar surface area (TPSA) is 166 Å². The van der Waals surface area contributed by atoms with E-state index in [0.29, 0.717) is 43.2 Å². The number of nitrogens with one attached hydrogen (secondary N) is 1. The van der Waals surface area contributed by atoms with Gasteiger partial charge in [0.2, 0.25) is 11.7 Å².